The van der Waals surface area contributed by atoms with E-state index in [-0.39, 0.29) is 11.0 Å². The quantitative estimate of drug-likeness (QED) is 0.435. The third-order valence-electron chi connectivity index (χ3n) is 4.24. The minimum absolute atomic E-state index is 0.234. The number of aryl methyl sites for hydroxylation is 3. The summed E-state index contributed by atoms with van der Waals surface area (Å²) in [7, 11) is 0. The molecule has 3 aromatic heterocycles. The topological polar surface area (TPSA) is 102 Å². The molecule has 0 aliphatic heterocycles. The summed E-state index contributed by atoms with van der Waals surface area (Å²) in [6.07, 6.45) is 1.83. The molecule has 3 heterocycles. The molecule has 3 N–H and O–H groups in total. The second-order valence-corrected chi connectivity index (χ2v) is 7.19. The third-order valence-corrected chi connectivity index (χ3v) is 4.45. The van der Waals surface area contributed by atoms with E-state index < -0.39 is 6.04 Å². The van der Waals surface area contributed by atoms with Crippen molar-refractivity contribution < 1.29 is 4.79 Å². The second-order valence-electron chi connectivity index (χ2n) is 6.78. The van der Waals surface area contributed by atoms with Crippen LogP contribution in [0.25, 0.3) is 0 Å². The Bertz CT molecular complexity index is 1020. The molecule has 0 saturated heterocycles. The Morgan fingerprint density at radius 1 is 1.14 bits per heavy atom. The summed E-state index contributed by atoms with van der Waals surface area (Å²) < 4.78 is 3.43. The van der Waals surface area contributed by atoms with Gasteiger partial charge in [0, 0.05) is 23.7 Å². The molecule has 0 bridgehead atoms. The van der Waals surface area contributed by atoms with Crippen LogP contribution in [0.1, 0.15) is 35.7 Å². The molecule has 0 spiro atoms. The molecule has 0 aliphatic rings. The molecule has 0 aliphatic carbocycles. The fraction of sp³-hybridized carbons (Fsp3) is 0.316. The third kappa shape index (κ3) is 5.38. The van der Waals surface area contributed by atoms with Crippen LogP contribution in [0.15, 0.2) is 36.5 Å². The molecule has 29 heavy (non-hydrogen) atoms. The van der Waals surface area contributed by atoms with Crippen LogP contribution in [0.5, 0.6) is 0 Å². The molecule has 0 radical (unpaired) electrons. The maximum Gasteiger partial charge on any atom is 0.262 e. The Morgan fingerprint density at radius 2 is 1.93 bits per heavy atom. The van der Waals surface area contributed by atoms with Crippen molar-refractivity contribution in [3.63, 3.8) is 0 Å². The van der Waals surface area contributed by atoms with Crippen molar-refractivity contribution in [1.82, 2.24) is 35.4 Å². The zero-order valence-electron chi connectivity index (χ0n) is 16.8. The molecule has 3 rings (SSSR count). The Hall–Kier alpha value is -3.27. The normalized spacial score (nSPS) is 11.7. The zero-order chi connectivity index (χ0) is 21.0. The van der Waals surface area contributed by atoms with Crippen LogP contribution in [-0.4, -0.2) is 35.6 Å². The fourth-order valence-corrected chi connectivity index (χ4v) is 3.05. The Morgan fingerprint density at radius 3 is 2.62 bits per heavy atom. The van der Waals surface area contributed by atoms with Crippen LogP contribution in [0, 0.1) is 20.8 Å². The lowest BCUT2D eigenvalue weighted by Gasteiger charge is -2.16. The Kier molecular flexibility index (Phi) is 6.23. The summed E-state index contributed by atoms with van der Waals surface area (Å²) >= 11 is 5.22. The van der Waals surface area contributed by atoms with Gasteiger partial charge in [0.2, 0.25) is 0 Å². The maximum absolute atomic E-state index is 12.3. The summed E-state index contributed by atoms with van der Waals surface area (Å²) in [6, 6.07) is 9.12. The van der Waals surface area contributed by atoms with E-state index in [1.54, 1.807) is 22.4 Å². The van der Waals surface area contributed by atoms with Crippen LogP contribution >= 0.6 is 12.2 Å². The van der Waals surface area contributed by atoms with Gasteiger partial charge in [-0.15, -0.1) is 0 Å². The number of carbonyl (C=O) groups excluding carboxylic acids is 1. The number of hydrogen-bond donors (Lipinski definition) is 3. The van der Waals surface area contributed by atoms with Crippen molar-refractivity contribution in [2.45, 2.75) is 40.3 Å². The average Bonchev–Trinajstić information content (AvgIpc) is 3.24. The van der Waals surface area contributed by atoms with Crippen molar-refractivity contribution in [3.8, 4) is 0 Å². The molecule has 1 atom stereocenters. The van der Waals surface area contributed by atoms with Gasteiger partial charge in [-0.1, -0.05) is 6.07 Å². The van der Waals surface area contributed by atoms with E-state index in [9.17, 15) is 4.79 Å². The fourth-order valence-electron chi connectivity index (χ4n) is 2.89. The Labute approximate surface area is 174 Å². The number of pyridine rings is 1. The number of rotatable bonds is 5. The molecular weight excluding hydrogens is 388 g/mol. The highest BCUT2D eigenvalue weighted by atomic mass is 32.1. The first-order valence-corrected chi connectivity index (χ1v) is 9.58. The van der Waals surface area contributed by atoms with E-state index in [0.717, 1.165) is 22.8 Å². The number of hydrogen-bond acceptors (Lipinski definition) is 5. The number of thiocarbonyl (C=S) groups is 1. The van der Waals surface area contributed by atoms with Gasteiger partial charge in [-0.25, -0.2) is 0 Å². The number of nitrogens with zero attached hydrogens (tertiary/aromatic N) is 5. The number of aromatic nitrogens is 5. The summed E-state index contributed by atoms with van der Waals surface area (Å²) in [5.41, 5.74) is 8.95. The first kappa shape index (κ1) is 20.5. The van der Waals surface area contributed by atoms with Crippen molar-refractivity contribution in [2.24, 2.45) is 0 Å². The maximum atomic E-state index is 12.3. The number of amides is 1. The summed E-state index contributed by atoms with van der Waals surface area (Å²) in [4.78, 5) is 16.8. The lowest BCUT2D eigenvalue weighted by molar-refractivity contribution is -0.124. The van der Waals surface area contributed by atoms with E-state index in [4.69, 9.17) is 12.2 Å². The van der Waals surface area contributed by atoms with Gasteiger partial charge in [-0.2, -0.15) is 10.2 Å². The van der Waals surface area contributed by atoms with Gasteiger partial charge >= 0.3 is 0 Å². The van der Waals surface area contributed by atoms with E-state index in [1.807, 2.05) is 51.2 Å². The van der Waals surface area contributed by atoms with E-state index in [1.165, 1.54) is 0 Å². The van der Waals surface area contributed by atoms with E-state index in [2.05, 4.69) is 31.3 Å². The number of anilines is 1. The SMILES string of the molecule is Cc1cccc(Cn2ccc(NC(=S)NNC(=O)C(C)n3nc(C)cc3C)n2)n1. The van der Waals surface area contributed by atoms with Crippen molar-refractivity contribution in [1.29, 1.82) is 0 Å². The molecule has 10 heteroatoms. The lowest BCUT2D eigenvalue weighted by atomic mass is 10.3. The van der Waals surface area contributed by atoms with Crippen molar-refractivity contribution in [2.75, 3.05) is 5.32 Å². The van der Waals surface area contributed by atoms with Gasteiger partial charge in [0.05, 0.1) is 17.9 Å². The van der Waals surface area contributed by atoms with Crippen LogP contribution in [0.4, 0.5) is 5.82 Å². The van der Waals surface area contributed by atoms with Crippen LogP contribution in [0.3, 0.4) is 0 Å². The molecule has 1 amide bonds. The average molecular weight is 413 g/mol. The number of hydrazine groups is 1. The zero-order valence-corrected chi connectivity index (χ0v) is 17.6. The Balaban J connectivity index is 1.50. The molecule has 0 saturated carbocycles. The van der Waals surface area contributed by atoms with Gasteiger partial charge < -0.3 is 5.32 Å². The molecule has 3 aromatic rings. The second kappa shape index (κ2) is 8.82. The first-order valence-electron chi connectivity index (χ1n) is 9.17. The standard InChI is InChI=1S/C19H24N8OS/c1-12-6-5-7-16(20-12)11-26-9-8-17(25-26)21-19(29)23-22-18(28)15(4)27-14(3)10-13(2)24-27/h5-10,15H,11H2,1-4H3,(H,22,28)(H2,21,23,25,29). The number of nitrogens with one attached hydrogen (secondary N) is 3. The predicted molar refractivity (Wildman–Crippen MR) is 114 cm³/mol. The van der Waals surface area contributed by atoms with Gasteiger partial charge in [-0.3, -0.25) is 30.0 Å². The minimum atomic E-state index is -0.472. The largest absolute Gasteiger partial charge is 0.315 e. The van der Waals surface area contributed by atoms with Crippen LogP contribution in [-0.2, 0) is 11.3 Å². The molecule has 1 unspecified atom stereocenters. The molecule has 0 fully saturated rings. The van der Waals surface area contributed by atoms with E-state index >= 15 is 0 Å². The first-order chi connectivity index (χ1) is 13.8. The summed E-state index contributed by atoms with van der Waals surface area (Å²) in [5, 5.41) is 11.9. The number of carbonyl (C=O) groups is 1. The van der Waals surface area contributed by atoms with Crippen molar-refractivity contribution >= 4 is 29.1 Å². The minimum Gasteiger partial charge on any atom is -0.315 e. The van der Waals surface area contributed by atoms with Gasteiger partial charge in [0.25, 0.3) is 5.91 Å². The summed E-state index contributed by atoms with van der Waals surface area (Å²) in [5.74, 6) is 0.312. The highest BCUT2D eigenvalue weighted by Gasteiger charge is 2.18. The monoisotopic (exact) mass is 412 g/mol. The van der Waals surface area contributed by atoms with Crippen LogP contribution in [0.2, 0.25) is 0 Å². The highest BCUT2D eigenvalue weighted by molar-refractivity contribution is 7.80. The van der Waals surface area contributed by atoms with Crippen LogP contribution < -0.4 is 16.2 Å². The molecule has 0 aromatic carbocycles. The van der Waals surface area contributed by atoms with Gasteiger partial charge in [0.15, 0.2) is 10.9 Å². The summed E-state index contributed by atoms with van der Waals surface area (Å²) in [6.45, 7) is 8.08. The smallest absolute Gasteiger partial charge is 0.262 e. The van der Waals surface area contributed by atoms with E-state index in [0.29, 0.717) is 12.4 Å². The molecule has 9 nitrogen and oxygen atoms in total. The molecule has 152 valence electrons. The molecular formula is C19H24N8OS. The predicted octanol–water partition coefficient (Wildman–Crippen LogP) is 2.03. The van der Waals surface area contributed by atoms with Crippen molar-refractivity contribution in [3.05, 3.63) is 59.3 Å². The lowest BCUT2D eigenvalue weighted by Crippen LogP contribution is -2.46. The van der Waals surface area contributed by atoms with Gasteiger partial charge in [-0.05, 0) is 58.1 Å². The highest BCUT2D eigenvalue weighted by Crippen LogP contribution is 2.10. The van der Waals surface area contributed by atoms with Gasteiger partial charge in [0.1, 0.15) is 6.04 Å².